The summed E-state index contributed by atoms with van der Waals surface area (Å²) >= 11 is 1.29. The molecule has 0 aliphatic heterocycles. The summed E-state index contributed by atoms with van der Waals surface area (Å²) in [4.78, 5) is 12.1. The highest BCUT2D eigenvalue weighted by Gasteiger charge is 2.15. The zero-order valence-corrected chi connectivity index (χ0v) is 8.48. The standard InChI is InChI=1S/C9H12O3S/c1-3-4-6-5-7(12-2)8(13-6)9(10)11/h5H,3-4H2,1-2H3,(H,10,11). The van der Waals surface area contributed by atoms with Crippen molar-refractivity contribution < 1.29 is 14.6 Å². The molecule has 4 heteroatoms. The molecule has 0 unspecified atom stereocenters. The minimum atomic E-state index is -0.913. The molecule has 72 valence electrons. The van der Waals surface area contributed by atoms with Crippen LogP contribution < -0.4 is 4.74 Å². The number of rotatable bonds is 4. The lowest BCUT2D eigenvalue weighted by atomic mass is 10.3. The van der Waals surface area contributed by atoms with Crippen LogP contribution >= 0.6 is 11.3 Å². The lowest BCUT2D eigenvalue weighted by molar-refractivity contribution is 0.0699. The van der Waals surface area contributed by atoms with Crippen molar-refractivity contribution in [1.29, 1.82) is 0 Å². The molecule has 1 N–H and O–H groups in total. The van der Waals surface area contributed by atoms with Crippen LogP contribution in [0.1, 0.15) is 27.9 Å². The number of aryl methyl sites for hydroxylation is 1. The fourth-order valence-electron chi connectivity index (χ4n) is 1.09. The van der Waals surface area contributed by atoms with E-state index in [2.05, 4.69) is 6.92 Å². The number of ether oxygens (including phenoxy) is 1. The van der Waals surface area contributed by atoms with Crippen LogP contribution in [0, 0.1) is 0 Å². The largest absolute Gasteiger partial charge is 0.495 e. The van der Waals surface area contributed by atoms with Crippen LogP contribution in [0.2, 0.25) is 0 Å². The van der Waals surface area contributed by atoms with Gasteiger partial charge >= 0.3 is 5.97 Å². The van der Waals surface area contributed by atoms with Gasteiger partial charge in [-0.05, 0) is 12.5 Å². The number of aromatic carboxylic acids is 1. The van der Waals surface area contributed by atoms with E-state index in [1.807, 2.05) is 0 Å². The second-order valence-electron chi connectivity index (χ2n) is 2.67. The molecule has 0 fully saturated rings. The molecule has 1 aromatic rings. The van der Waals surface area contributed by atoms with Crippen molar-refractivity contribution in [2.24, 2.45) is 0 Å². The van der Waals surface area contributed by atoms with Crippen LogP contribution in [0.3, 0.4) is 0 Å². The summed E-state index contributed by atoms with van der Waals surface area (Å²) in [6, 6.07) is 1.80. The van der Waals surface area contributed by atoms with Crippen molar-refractivity contribution in [1.82, 2.24) is 0 Å². The van der Waals surface area contributed by atoms with Crippen molar-refractivity contribution in [2.45, 2.75) is 19.8 Å². The third-order valence-electron chi connectivity index (χ3n) is 1.66. The van der Waals surface area contributed by atoms with E-state index in [0.29, 0.717) is 10.6 Å². The van der Waals surface area contributed by atoms with Crippen molar-refractivity contribution in [2.75, 3.05) is 7.11 Å². The normalized spacial score (nSPS) is 10.0. The van der Waals surface area contributed by atoms with Crippen LogP contribution in [-0.2, 0) is 6.42 Å². The maximum atomic E-state index is 10.7. The minimum absolute atomic E-state index is 0.297. The number of hydrogen-bond acceptors (Lipinski definition) is 3. The van der Waals surface area contributed by atoms with E-state index in [0.717, 1.165) is 17.7 Å². The van der Waals surface area contributed by atoms with Crippen molar-refractivity contribution in [3.63, 3.8) is 0 Å². The lowest BCUT2D eigenvalue weighted by Crippen LogP contribution is -1.94. The molecule has 0 amide bonds. The summed E-state index contributed by atoms with van der Waals surface area (Å²) in [5.41, 5.74) is 0. The molecule has 0 atom stereocenters. The molecule has 0 saturated heterocycles. The summed E-state index contributed by atoms with van der Waals surface area (Å²) in [7, 11) is 1.49. The number of hydrogen-bond donors (Lipinski definition) is 1. The highest BCUT2D eigenvalue weighted by Crippen LogP contribution is 2.29. The molecule has 0 bridgehead atoms. The zero-order chi connectivity index (χ0) is 9.84. The Bertz CT molecular complexity index is 304. The molecular formula is C9H12O3S. The molecule has 0 aliphatic rings. The second-order valence-corrected chi connectivity index (χ2v) is 3.80. The Kier molecular flexibility index (Phi) is 3.31. The molecule has 0 radical (unpaired) electrons. The average Bonchev–Trinajstić information content (AvgIpc) is 2.48. The van der Waals surface area contributed by atoms with Crippen LogP contribution in [0.4, 0.5) is 0 Å². The van der Waals surface area contributed by atoms with E-state index >= 15 is 0 Å². The summed E-state index contributed by atoms with van der Waals surface area (Å²) in [6.07, 6.45) is 1.93. The van der Waals surface area contributed by atoms with Gasteiger partial charge in [-0.15, -0.1) is 11.3 Å². The third kappa shape index (κ3) is 2.21. The number of thiophene rings is 1. The van der Waals surface area contributed by atoms with Gasteiger partial charge in [0.1, 0.15) is 5.75 Å². The Balaban J connectivity index is 2.97. The van der Waals surface area contributed by atoms with Gasteiger partial charge in [0.2, 0.25) is 0 Å². The van der Waals surface area contributed by atoms with Crippen LogP contribution in [0.25, 0.3) is 0 Å². The molecule has 1 aromatic heterocycles. The van der Waals surface area contributed by atoms with E-state index in [-0.39, 0.29) is 0 Å². The van der Waals surface area contributed by atoms with E-state index in [4.69, 9.17) is 9.84 Å². The summed E-state index contributed by atoms with van der Waals surface area (Å²) < 4.78 is 4.96. The lowest BCUT2D eigenvalue weighted by Gasteiger charge is -1.94. The number of methoxy groups -OCH3 is 1. The third-order valence-corrected chi connectivity index (χ3v) is 2.82. The van der Waals surface area contributed by atoms with Crippen LogP contribution in [0.15, 0.2) is 6.07 Å². The molecule has 13 heavy (non-hydrogen) atoms. The first-order chi connectivity index (χ1) is 6.19. The number of carboxylic acids is 1. The number of carboxylic acid groups (broad SMARTS) is 1. The van der Waals surface area contributed by atoms with Gasteiger partial charge in [0.15, 0.2) is 4.88 Å². The zero-order valence-electron chi connectivity index (χ0n) is 7.66. The van der Waals surface area contributed by atoms with Gasteiger partial charge < -0.3 is 9.84 Å². The van der Waals surface area contributed by atoms with Gasteiger partial charge in [0, 0.05) is 4.88 Å². The predicted octanol–water partition coefficient (Wildman–Crippen LogP) is 2.41. The molecule has 0 aliphatic carbocycles. The Morgan fingerprint density at radius 3 is 2.77 bits per heavy atom. The first-order valence-corrected chi connectivity index (χ1v) is 4.90. The maximum absolute atomic E-state index is 10.7. The topological polar surface area (TPSA) is 46.5 Å². The quantitative estimate of drug-likeness (QED) is 0.811. The van der Waals surface area contributed by atoms with E-state index in [9.17, 15) is 4.79 Å². The van der Waals surface area contributed by atoms with Gasteiger partial charge in [-0.2, -0.15) is 0 Å². The highest BCUT2D eigenvalue weighted by molar-refractivity contribution is 7.14. The number of carbonyl (C=O) groups is 1. The first-order valence-electron chi connectivity index (χ1n) is 4.09. The molecule has 3 nitrogen and oxygen atoms in total. The van der Waals surface area contributed by atoms with Crippen LogP contribution in [-0.4, -0.2) is 18.2 Å². The molecule has 1 rings (SSSR count). The highest BCUT2D eigenvalue weighted by atomic mass is 32.1. The second kappa shape index (κ2) is 4.28. The predicted molar refractivity (Wildman–Crippen MR) is 51.8 cm³/mol. The Morgan fingerprint density at radius 2 is 2.38 bits per heavy atom. The monoisotopic (exact) mass is 200 g/mol. The molecule has 0 spiro atoms. The molecule has 1 heterocycles. The smallest absolute Gasteiger partial charge is 0.349 e. The fraction of sp³-hybridized carbons (Fsp3) is 0.444. The Morgan fingerprint density at radius 1 is 1.69 bits per heavy atom. The Hall–Kier alpha value is -1.03. The Labute approximate surface area is 81.0 Å². The van der Waals surface area contributed by atoms with Gasteiger partial charge in [0.05, 0.1) is 7.11 Å². The molecule has 0 saturated carbocycles. The SMILES string of the molecule is CCCc1cc(OC)c(C(=O)O)s1. The van der Waals surface area contributed by atoms with E-state index in [1.165, 1.54) is 18.4 Å². The van der Waals surface area contributed by atoms with E-state index in [1.54, 1.807) is 6.07 Å². The molecule has 0 aromatic carbocycles. The van der Waals surface area contributed by atoms with Gasteiger partial charge in [-0.3, -0.25) is 0 Å². The van der Waals surface area contributed by atoms with Crippen molar-refractivity contribution >= 4 is 17.3 Å². The molecular weight excluding hydrogens is 188 g/mol. The summed E-state index contributed by atoms with van der Waals surface area (Å²) in [5.74, 6) is -0.440. The van der Waals surface area contributed by atoms with Gasteiger partial charge in [-0.25, -0.2) is 4.79 Å². The van der Waals surface area contributed by atoms with Crippen LogP contribution in [0.5, 0.6) is 5.75 Å². The maximum Gasteiger partial charge on any atom is 0.349 e. The summed E-state index contributed by atoms with van der Waals surface area (Å²) in [5, 5.41) is 8.81. The van der Waals surface area contributed by atoms with Crippen molar-refractivity contribution in [3.05, 3.63) is 15.8 Å². The average molecular weight is 200 g/mol. The fourth-order valence-corrected chi connectivity index (χ4v) is 2.16. The first kappa shape index (κ1) is 10.1. The van der Waals surface area contributed by atoms with Gasteiger partial charge in [0.25, 0.3) is 0 Å². The van der Waals surface area contributed by atoms with Gasteiger partial charge in [-0.1, -0.05) is 13.3 Å². The van der Waals surface area contributed by atoms with E-state index < -0.39 is 5.97 Å². The minimum Gasteiger partial charge on any atom is -0.495 e. The summed E-state index contributed by atoms with van der Waals surface area (Å²) in [6.45, 7) is 2.06. The van der Waals surface area contributed by atoms with Crippen molar-refractivity contribution in [3.8, 4) is 5.75 Å².